The molecule has 1 aromatic rings. The minimum absolute atomic E-state index is 0.152. The second kappa shape index (κ2) is 7.84. The van der Waals surface area contributed by atoms with Crippen LogP contribution in [0.25, 0.3) is 0 Å². The van der Waals surface area contributed by atoms with Gasteiger partial charge in [0, 0.05) is 19.2 Å². The molecule has 0 radical (unpaired) electrons. The lowest BCUT2D eigenvalue weighted by Gasteiger charge is -2.22. The maximum absolute atomic E-state index is 13.5. The molecule has 19 heavy (non-hydrogen) atoms. The van der Waals surface area contributed by atoms with Gasteiger partial charge in [0.1, 0.15) is 11.6 Å². The lowest BCUT2D eigenvalue weighted by Crippen LogP contribution is -2.35. The number of hydrogen-bond donors (Lipinski definition) is 1. The fourth-order valence-electron chi connectivity index (χ4n) is 1.82. The maximum atomic E-state index is 13.5. The quantitative estimate of drug-likeness (QED) is 0.774. The van der Waals surface area contributed by atoms with Crippen molar-refractivity contribution in [1.29, 1.82) is 0 Å². The Hall–Kier alpha value is -1.49. The molecule has 0 aliphatic rings. The first-order chi connectivity index (χ1) is 9.10. The van der Waals surface area contributed by atoms with E-state index in [-0.39, 0.29) is 18.7 Å². The van der Waals surface area contributed by atoms with E-state index in [1.807, 2.05) is 6.92 Å². The van der Waals surface area contributed by atoms with Gasteiger partial charge in [0.2, 0.25) is 0 Å². The van der Waals surface area contributed by atoms with Crippen LogP contribution in [-0.2, 0) is 0 Å². The first-order valence-corrected chi connectivity index (χ1v) is 6.45. The number of amides is 1. The lowest BCUT2D eigenvalue weighted by atomic mass is 10.1. The molecule has 1 N–H and O–H groups in total. The normalized spacial score (nSPS) is 10.5. The third-order valence-corrected chi connectivity index (χ3v) is 2.85. The molecule has 0 saturated heterocycles. The highest BCUT2D eigenvalue weighted by molar-refractivity contribution is 5.94. The Balaban J connectivity index is 2.79. The minimum atomic E-state index is -0.872. The molecule has 106 valence electrons. The van der Waals surface area contributed by atoms with Gasteiger partial charge in [-0.1, -0.05) is 19.8 Å². The first kappa shape index (κ1) is 15.6. The van der Waals surface area contributed by atoms with E-state index < -0.39 is 17.5 Å². The largest absolute Gasteiger partial charge is 0.395 e. The van der Waals surface area contributed by atoms with Crippen molar-refractivity contribution < 1.29 is 18.7 Å². The summed E-state index contributed by atoms with van der Waals surface area (Å²) in [5, 5.41) is 8.95. The van der Waals surface area contributed by atoms with Crippen LogP contribution in [0.5, 0.6) is 0 Å². The fraction of sp³-hybridized carbons (Fsp3) is 0.500. The van der Waals surface area contributed by atoms with Crippen LogP contribution in [0.15, 0.2) is 18.2 Å². The zero-order chi connectivity index (χ0) is 14.3. The van der Waals surface area contributed by atoms with Gasteiger partial charge < -0.3 is 10.0 Å². The van der Waals surface area contributed by atoms with E-state index in [9.17, 15) is 13.6 Å². The van der Waals surface area contributed by atoms with Gasteiger partial charge in [0.15, 0.2) is 0 Å². The number of rotatable bonds is 7. The number of halogens is 2. The van der Waals surface area contributed by atoms with Crippen molar-refractivity contribution in [3.05, 3.63) is 35.4 Å². The third kappa shape index (κ3) is 4.59. The molecule has 1 rings (SSSR count). The van der Waals surface area contributed by atoms with Crippen LogP contribution in [0.4, 0.5) is 8.78 Å². The Morgan fingerprint density at radius 2 is 2.00 bits per heavy atom. The number of carbonyl (C=O) groups excluding carboxylic acids is 1. The molecule has 1 aromatic carbocycles. The molecule has 0 aromatic heterocycles. The van der Waals surface area contributed by atoms with E-state index in [1.54, 1.807) is 0 Å². The maximum Gasteiger partial charge on any atom is 0.256 e. The van der Waals surface area contributed by atoms with Gasteiger partial charge in [-0.3, -0.25) is 4.79 Å². The number of nitrogens with zero attached hydrogens (tertiary/aromatic N) is 1. The predicted molar refractivity (Wildman–Crippen MR) is 68.9 cm³/mol. The Kier molecular flexibility index (Phi) is 6.42. The van der Waals surface area contributed by atoms with Gasteiger partial charge >= 0.3 is 0 Å². The van der Waals surface area contributed by atoms with Crippen molar-refractivity contribution in [2.75, 3.05) is 19.7 Å². The molecule has 0 spiro atoms. The first-order valence-electron chi connectivity index (χ1n) is 6.45. The van der Waals surface area contributed by atoms with Crippen LogP contribution < -0.4 is 0 Å². The predicted octanol–water partition coefficient (Wildman–Crippen LogP) is 2.59. The van der Waals surface area contributed by atoms with Crippen molar-refractivity contribution in [3.8, 4) is 0 Å². The van der Waals surface area contributed by atoms with Gasteiger partial charge in [-0.2, -0.15) is 0 Å². The molecule has 0 atom stereocenters. The summed E-state index contributed by atoms with van der Waals surface area (Å²) < 4.78 is 26.3. The van der Waals surface area contributed by atoms with E-state index in [2.05, 4.69) is 0 Å². The van der Waals surface area contributed by atoms with Crippen LogP contribution in [0.3, 0.4) is 0 Å². The Labute approximate surface area is 111 Å². The summed E-state index contributed by atoms with van der Waals surface area (Å²) in [6.07, 6.45) is 2.76. The fourth-order valence-corrected chi connectivity index (χ4v) is 1.82. The average Bonchev–Trinajstić information content (AvgIpc) is 2.37. The highest BCUT2D eigenvalue weighted by Gasteiger charge is 2.18. The van der Waals surface area contributed by atoms with E-state index in [0.29, 0.717) is 12.6 Å². The molecule has 1 amide bonds. The zero-order valence-corrected chi connectivity index (χ0v) is 11.0. The number of carbonyl (C=O) groups is 1. The number of hydrogen-bond acceptors (Lipinski definition) is 2. The van der Waals surface area contributed by atoms with Crippen molar-refractivity contribution in [2.24, 2.45) is 0 Å². The van der Waals surface area contributed by atoms with Crippen molar-refractivity contribution in [2.45, 2.75) is 26.2 Å². The van der Waals surface area contributed by atoms with Gasteiger partial charge in [-0.25, -0.2) is 8.78 Å². The lowest BCUT2D eigenvalue weighted by molar-refractivity contribution is 0.0714. The van der Waals surface area contributed by atoms with Crippen LogP contribution >= 0.6 is 0 Å². The zero-order valence-electron chi connectivity index (χ0n) is 11.0. The molecule has 0 bridgehead atoms. The second-order valence-electron chi connectivity index (χ2n) is 4.35. The van der Waals surface area contributed by atoms with Crippen LogP contribution in [0, 0.1) is 11.6 Å². The van der Waals surface area contributed by atoms with E-state index in [1.165, 1.54) is 4.90 Å². The molecule has 0 aliphatic heterocycles. The van der Waals surface area contributed by atoms with Crippen LogP contribution in [0.1, 0.15) is 36.5 Å². The van der Waals surface area contributed by atoms with Crippen molar-refractivity contribution in [1.82, 2.24) is 4.90 Å². The minimum Gasteiger partial charge on any atom is -0.395 e. The van der Waals surface area contributed by atoms with Gasteiger partial charge in [-0.05, 0) is 18.6 Å². The standard InChI is InChI=1S/C14H19F2NO2/c1-2-3-4-7-17(8-9-18)14(19)12-6-5-11(15)10-13(12)16/h5-6,10,18H,2-4,7-9H2,1H3. The average molecular weight is 271 g/mol. The number of unbranched alkanes of at least 4 members (excludes halogenated alkanes) is 2. The smallest absolute Gasteiger partial charge is 0.256 e. The summed E-state index contributed by atoms with van der Waals surface area (Å²) in [4.78, 5) is 13.5. The highest BCUT2D eigenvalue weighted by Crippen LogP contribution is 2.13. The van der Waals surface area contributed by atoms with E-state index >= 15 is 0 Å². The molecular weight excluding hydrogens is 252 g/mol. The molecular formula is C14H19F2NO2. The Morgan fingerprint density at radius 1 is 1.26 bits per heavy atom. The SMILES string of the molecule is CCCCCN(CCO)C(=O)c1ccc(F)cc1F. The summed E-state index contributed by atoms with van der Waals surface area (Å²) in [5.74, 6) is -2.10. The summed E-state index contributed by atoms with van der Waals surface area (Å²) in [6, 6.07) is 2.88. The number of aliphatic hydroxyl groups is 1. The molecule has 5 heteroatoms. The highest BCUT2D eigenvalue weighted by atomic mass is 19.1. The van der Waals surface area contributed by atoms with E-state index in [0.717, 1.165) is 31.4 Å². The molecule has 0 heterocycles. The van der Waals surface area contributed by atoms with Gasteiger partial charge in [0.05, 0.1) is 12.2 Å². The molecule has 0 unspecified atom stereocenters. The molecule has 3 nitrogen and oxygen atoms in total. The Bertz CT molecular complexity index is 424. The third-order valence-electron chi connectivity index (χ3n) is 2.85. The monoisotopic (exact) mass is 271 g/mol. The second-order valence-corrected chi connectivity index (χ2v) is 4.35. The van der Waals surface area contributed by atoms with E-state index in [4.69, 9.17) is 5.11 Å². The Morgan fingerprint density at radius 3 is 2.58 bits per heavy atom. The molecule has 0 saturated carbocycles. The summed E-state index contributed by atoms with van der Waals surface area (Å²) in [7, 11) is 0. The number of benzene rings is 1. The van der Waals surface area contributed by atoms with Crippen LogP contribution in [0.2, 0.25) is 0 Å². The van der Waals surface area contributed by atoms with Gasteiger partial charge in [-0.15, -0.1) is 0 Å². The molecule has 0 fully saturated rings. The summed E-state index contributed by atoms with van der Waals surface area (Å²) in [6.45, 7) is 2.47. The molecule has 0 aliphatic carbocycles. The summed E-state index contributed by atoms with van der Waals surface area (Å²) in [5.41, 5.74) is -0.161. The van der Waals surface area contributed by atoms with Crippen LogP contribution in [-0.4, -0.2) is 35.6 Å². The van der Waals surface area contributed by atoms with Crippen molar-refractivity contribution >= 4 is 5.91 Å². The van der Waals surface area contributed by atoms with Crippen molar-refractivity contribution in [3.63, 3.8) is 0 Å². The number of aliphatic hydroxyl groups excluding tert-OH is 1. The summed E-state index contributed by atoms with van der Waals surface area (Å²) >= 11 is 0. The topological polar surface area (TPSA) is 40.5 Å². The van der Waals surface area contributed by atoms with Gasteiger partial charge in [0.25, 0.3) is 5.91 Å².